The molecule has 1 N–H and O–H groups in total. The molecule has 0 radical (unpaired) electrons. The Labute approximate surface area is 125 Å². The van der Waals surface area contributed by atoms with Gasteiger partial charge >= 0.3 is 0 Å². The number of allylic oxidation sites excluding steroid dienone is 1. The number of hydrogen-bond donors (Lipinski definition) is 1. The summed E-state index contributed by atoms with van der Waals surface area (Å²) in [6, 6.07) is 0.441. The van der Waals surface area contributed by atoms with Gasteiger partial charge in [-0.3, -0.25) is 0 Å². The van der Waals surface area contributed by atoms with E-state index in [0.29, 0.717) is 6.04 Å². The van der Waals surface area contributed by atoms with Gasteiger partial charge in [0.25, 0.3) is 0 Å². The normalized spacial score (nSPS) is 25.4. The molecule has 20 heavy (non-hydrogen) atoms. The second kappa shape index (κ2) is 8.19. The molecule has 1 unspecified atom stereocenters. The molecule has 2 heteroatoms. The van der Waals surface area contributed by atoms with E-state index in [9.17, 15) is 0 Å². The van der Waals surface area contributed by atoms with E-state index in [-0.39, 0.29) is 5.60 Å². The highest BCUT2D eigenvalue weighted by atomic mass is 16.5. The number of rotatable bonds is 5. The highest BCUT2D eigenvalue weighted by Crippen LogP contribution is 2.38. The Morgan fingerprint density at radius 3 is 2.50 bits per heavy atom. The van der Waals surface area contributed by atoms with Crippen molar-refractivity contribution in [3.8, 4) is 0 Å². The molecule has 0 aromatic carbocycles. The molecule has 2 aliphatic carbocycles. The molecule has 2 nitrogen and oxygen atoms in total. The third-order valence-corrected chi connectivity index (χ3v) is 5.24. The molecule has 0 saturated heterocycles. The van der Waals surface area contributed by atoms with Crippen LogP contribution in [0.15, 0.2) is 11.6 Å². The zero-order valence-corrected chi connectivity index (χ0v) is 13.5. The van der Waals surface area contributed by atoms with Gasteiger partial charge in [-0.2, -0.15) is 0 Å². The van der Waals surface area contributed by atoms with Gasteiger partial charge < -0.3 is 10.1 Å². The molecule has 0 bridgehead atoms. The maximum Gasteiger partial charge on any atom is 0.0869 e. The van der Waals surface area contributed by atoms with Gasteiger partial charge in [0.2, 0.25) is 0 Å². The molecule has 0 amide bonds. The summed E-state index contributed by atoms with van der Waals surface area (Å²) in [6.07, 6.45) is 17.0. The summed E-state index contributed by atoms with van der Waals surface area (Å²) in [4.78, 5) is 0. The van der Waals surface area contributed by atoms with E-state index in [1.165, 1.54) is 70.6 Å². The SMILES string of the molecule is CCNC(C1=CCCCCCC1)C1(OC)CCCCC1. The first kappa shape index (κ1) is 16.0. The van der Waals surface area contributed by atoms with Gasteiger partial charge in [-0.05, 0) is 45.1 Å². The van der Waals surface area contributed by atoms with Crippen LogP contribution in [0.3, 0.4) is 0 Å². The van der Waals surface area contributed by atoms with E-state index in [1.807, 2.05) is 7.11 Å². The molecule has 2 aliphatic rings. The average Bonchev–Trinajstić information content (AvgIpc) is 2.46. The van der Waals surface area contributed by atoms with Crippen LogP contribution in [0.4, 0.5) is 0 Å². The monoisotopic (exact) mass is 279 g/mol. The van der Waals surface area contributed by atoms with E-state index in [1.54, 1.807) is 5.57 Å². The van der Waals surface area contributed by atoms with Crippen LogP contribution in [0.25, 0.3) is 0 Å². The van der Waals surface area contributed by atoms with Crippen molar-refractivity contribution in [1.29, 1.82) is 0 Å². The predicted octanol–water partition coefficient (Wildman–Crippen LogP) is 4.59. The molecule has 0 heterocycles. The number of ether oxygens (including phenoxy) is 1. The molecule has 1 fully saturated rings. The summed E-state index contributed by atoms with van der Waals surface area (Å²) >= 11 is 0. The fourth-order valence-electron chi connectivity index (χ4n) is 4.10. The summed E-state index contributed by atoms with van der Waals surface area (Å²) < 4.78 is 6.12. The number of hydrogen-bond acceptors (Lipinski definition) is 2. The molecular weight excluding hydrogens is 246 g/mol. The maximum absolute atomic E-state index is 6.12. The van der Waals surface area contributed by atoms with Gasteiger partial charge in [-0.15, -0.1) is 0 Å². The predicted molar refractivity (Wildman–Crippen MR) is 86.1 cm³/mol. The molecular formula is C18H33NO. The largest absolute Gasteiger partial charge is 0.376 e. The minimum Gasteiger partial charge on any atom is -0.376 e. The molecule has 0 aromatic heterocycles. The lowest BCUT2D eigenvalue weighted by Crippen LogP contribution is -2.54. The average molecular weight is 279 g/mol. The van der Waals surface area contributed by atoms with E-state index >= 15 is 0 Å². The summed E-state index contributed by atoms with van der Waals surface area (Å²) in [5.41, 5.74) is 1.69. The smallest absolute Gasteiger partial charge is 0.0869 e. The summed E-state index contributed by atoms with van der Waals surface area (Å²) in [5, 5.41) is 3.77. The lowest BCUT2D eigenvalue weighted by molar-refractivity contribution is -0.0590. The zero-order chi connectivity index (χ0) is 14.3. The second-order valence-corrected chi connectivity index (χ2v) is 6.55. The van der Waals surface area contributed by atoms with Crippen molar-refractivity contribution < 1.29 is 4.74 Å². The Morgan fingerprint density at radius 1 is 1.10 bits per heavy atom. The molecule has 0 aliphatic heterocycles. The van der Waals surface area contributed by atoms with Crippen molar-refractivity contribution in [2.45, 2.75) is 89.2 Å². The highest BCUT2D eigenvalue weighted by Gasteiger charge is 2.41. The third-order valence-electron chi connectivity index (χ3n) is 5.24. The van der Waals surface area contributed by atoms with Crippen LogP contribution in [0.2, 0.25) is 0 Å². The van der Waals surface area contributed by atoms with Gasteiger partial charge in [0, 0.05) is 7.11 Å². The van der Waals surface area contributed by atoms with Crippen molar-refractivity contribution in [3.05, 3.63) is 11.6 Å². The number of nitrogens with one attached hydrogen (secondary N) is 1. The summed E-state index contributed by atoms with van der Waals surface area (Å²) in [5.74, 6) is 0. The first-order chi connectivity index (χ1) is 9.82. The van der Waals surface area contributed by atoms with Crippen LogP contribution in [0.5, 0.6) is 0 Å². The zero-order valence-electron chi connectivity index (χ0n) is 13.5. The summed E-state index contributed by atoms with van der Waals surface area (Å²) in [7, 11) is 1.93. The lowest BCUT2D eigenvalue weighted by atomic mass is 9.75. The third kappa shape index (κ3) is 3.85. The highest BCUT2D eigenvalue weighted by molar-refractivity contribution is 5.19. The van der Waals surface area contributed by atoms with Gasteiger partial charge in [0.1, 0.15) is 0 Å². The first-order valence-electron chi connectivity index (χ1n) is 8.80. The first-order valence-corrected chi connectivity index (χ1v) is 8.80. The lowest BCUT2D eigenvalue weighted by Gasteiger charge is -2.44. The van der Waals surface area contributed by atoms with Crippen molar-refractivity contribution >= 4 is 0 Å². The Kier molecular flexibility index (Phi) is 6.57. The standard InChI is InChI=1S/C18H33NO/c1-3-19-17(16-12-8-5-4-6-9-13-16)18(20-2)14-10-7-11-15-18/h12,17,19H,3-11,13-15H2,1-2H3. The fraction of sp³-hybridized carbons (Fsp3) is 0.889. The van der Waals surface area contributed by atoms with Crippen LogP contribution in [-0.4, -0.2) is 25.3 Å². The molecule has 116 valence electrons. The maximum atomic E-state index is 6.12. The molecule has 1 atom stereocenters. The Balaban J connectivity index is 2.18. The van der Waals surface area contributed by atoms with Crippen LogP contribution in [0.1, 0.15) is 77.6 Å². The van der Waals surface area contributed by atoms with E-state index in [2.05, 4.69) is 18.3 Å². The minimum atomic E-state index is 0.0549. The van der Waals surface area contributed by atoms with Crippen LogP contribution >= 0.6 is 0 Å². The van der Waals surface area contributed by atoms with Crippen LogP contribution in [-0.2, 0) is 4.74 Å². The van der Waals surface area contributed by atoms with E-state index in [4.69, 9.17) is 4.74 Å². The minimum absolute atomic E-state index is 0.0549. The van der Waals surface area contributed by atoms with Crippen molar-refractivity contribution in [3.63, 3.8) is 0 Å². The van der Waals surface area contributed by atoms with Crippen LogP contribution in [0, 0.1) is 0 Å². The van der Waals surface area contributed by atoms with Crippen LogP contribution < -0.4 is 5.32 Å². The van der Waals surface area contributed by atoms with Gasteiger partial charge in [-0.1, -0.05) is 50.7 Å². The molecule has 1 saturated carbocycles. The fourth-order valence-corrected chi connectivity index (χ4v) is 4.10. The van der Waals surface area contributed by atoms with Gasteiger partial charge in [0.05, 0.1) is 11.6 Å². The number of methoxy groups -OCH3 is 1. The quantitative estimate of drug-likeness (QED) is 0.743. The molecule has 0 spiro atoms. The van der Waals surface area contributed by atoms with Crippen molar-refractivity contribution in [2.75, 3.05) is 13.7 Å². The molecule has 0 aromatic rings. The van der Waals surface area contributed by atoms with Crippen molar-refractivity contribution in [1.82, 2.24) is 5.32 Å². The number of likely N-dealkylation sites (N-methyl/N-ethyl adjacent to an activating group) is 1. The van der Waals surface area contributed by atoms with E-state index < -0.39 is 0 Å². The van der Waals surface area contributed by atoms with E-state index in [0.717, 1.165) is 6.54 Å². The Morgan fingerprint density at radius 2 is 1.80 bits per heavy atom. The molecule has 2 rings (SSSR count). The van der Waals surface area contributed by atoms with Gasteiger partial charge in [-0.25, -0.2) is 0 Å². The Hall–Kier alpha value is -0.340. The summed E-state index contributed by atoms with van der Waals surface area (Å²) in [6.45, 7) is 3.26. The second-order valence-electron chi connectivity index (χ2n) is 6.55. The Bertz CT molecular complexity index is 305. The van der Waals surface area contributed by atoms with Gasteiger partial charge in [0.15, 0.2) is 0 Å². The topological polar surface area (TPSA) is 21.3 Å². The van der Waals surface area contributed by atoms with Crippen molar-refractivity contribution in [2.24, 2.45) is 0 Å².